The van der Waals surface area contributed by atoms with Gasteiger partial charge in [-0.2, -0.15) is 0 Å². The van der Waals surface area contributed by atoms with Crippen LogP contribution in [0.25, 0.3) is 0 Å². The highest BCUT2D eigenvalue weighted by atomic mass is 28.5. The van der Waals surface area contributed by atoms with E-state index in [9.17, 15) is 0 Å². The average Bonchev–Trinajstić information content (AvgIpc) is 2.54. The Bertz CT molecular complexity index is 431. The Hall–Kier alpha value is 0.748. The topological polar surface area (TPSA) is 27.7 Å². The molecule has 0 spiro atoms. The molecule has 2 aliphatic rings. The Kier molecular flexibility index (Phi) is 8.41. The standard InChI is InChI=1S/C19H44O3Si4/c1-23(2)20-25(6,18-14-10-8-11-15-18)22-26(7,21-24(3,4)5)19-16-12-9-13-17-19/h18-19,23H,8-17H2,1-7H3. The molecule has 3 nitrogen and oxygen atoms in total. The van der Waals surface area contributed by atoms with E-state index in [0.29, 0.717) is 11.1 Å². The number of hydrogen-bond donors (Lipinski definition) is 0. The molecule has 2 atom stereocenters. The first-order valence-electron chi connectivity index (χ1n) is 11.1. The van der Waals surface area contributed by atoms with Crippen LogP contribution in [-0.4, -0.2) is 34.5 Å². The van der Waals surface area contributed by atoms with Crippen LogP contribution in [0, 0.1) is 0 Å². The molecule has 0 aliphatic heterocycles. The van der Waals surface area contributed by atoms with Gasteiger partial charge >= 0.3 is 17.1 Å². The van der Waals surface area contributed by atoms with Gasteiger partial charge in [-0.25, -0.2) is 0 Å². The minimum atomic E-state index is -2.25. The second-order valence-corrected chi connectivity index (χ2v) is 24.8. The van der Waals surface area contributed by atoms with Gasteiger partial charge in [-0.15, -0.1) is 0 Å². The summed E-state index contributed by atoms with van der Waals surface area (Å²) in [6.45, 7) is 16.4. The van der Waals surface area contributed by atoms with Crippen LogP contribution < -0.4 is 0 Å². The van der Waals surface area contributed by atoms with Crippen LogP contribution in [0.3, 0.4) is 0 Å². The van der Waals surface area contributed by atoms with Crippen molar-refractivity contribution in [1.82, 2.24) is 0 Å². The van der Waals surface area contributed by atoms with Crippen molar-refractivity contribution in [3.05, 3.63) is 0 Å². The van der Waals surface area contributed by atoms with E-state index in [-0.39, 0.29) is 0 Å². The predicted octanol–water partition coefficient (Wildman–Crippen LogP) is 6.67. The maximum absolute atomic E-state index is 7.29. The second-order valence-electron chi connectivity index (χ2n) is 10.2. The van der Waals surface area contributed by atoms with E-state index in [2.05, 4.69) is 45.8 Å². The van der Waals surface area contributed by atoms with Crippen molar-refractivity contribution >= 4 is 34.5 Å². The van der Waals surface area contributed by atoms with Crippen LogP contribution in [0.2, 0.25) is 56.9 Å². The predicted molar refractivity (Wildman–Crippen MR) is 122 cm³/mol. The summed E-state index contributed by atoms with van der Waals surface area (Å²) in [4.78, 5) is 0. The van der Waals surface area contributed by atoms with Crippen molar-refractivity contribution in [2.24, 2.45) is 0 Å². The first-order chi connectivity index (χ1) is 12.0. The lowest BCUT2D eigenvalue weighted by molar-refractivity contribution is 0.271. The fraction of sp³-hybridized carbons (Fsp3) is 1.00. The lowest BCUT2D eigenvalue weighted by Gasteiger charge is -2.48. The Labute approximate surface area is 167 Å². The minimum Gasteiger partial charge on any atom is -0.439 e. The monoisotopic (exact) mass is 432 g/mol. The van der Waals surface area contributed by atoms with E-state index < -0.39 is 34.5 Å². The van der Waals surface area contributed by atoms with Crippen LogP contribution in [0.1, 0.15) is 64.2 Å². The summed E-state index contributed by atoms with van der Waals surface area (Å²) in [5.74, 6) is 0. The maximum atomic E-state index is 7.29. The normalized spacial score (nSPS) is 25.8. The van der Waals surface area contributed by atoms with E-state index in [1.807, 2.05) is 0 Å². The van der Waals surface area contributed by atoms with Crippen molar-refractivity contribution in [2.75, 3.05) is 0 Å². The summed E-state index contributed by atoms with van der Waals surface area (Å²) < 4.78 is 21.1. The van der Waals surface area contributed by atoms with Crippen molar-refractivity contribution in [1.29, 1.82) is 0 Å². The van der Waals surface area contributed by atoms with Crippen LogP contribution in [-0.2, 0) is 12.3 Å². The molecule has 0 aromatic rings. The lowest BCUT2D eigenvalue weighted by atomic mass is 10.0. The Balaban J connectivity index is 2.27. The van der Waals surface area contributed by atoms with Gasteiger partial charge < -0.3 is 12.3 Å². The largest absolute Gasteiger partial charge is 0.439 e. The summed E-state index contributed by atoms with van der Waals surface area (Å²) in [6, 6.07) is 0. The molecular formula is C19H44O3Si4. The molecule has 0 bridgehead atoms. The summed E-state index contributed by atoms with van der Waals surface area (Å²) >= 11 is 0. The van der Waals surface area contributed by atoms with E-state index in [1.54, 1.807) is 0 Å². The van der Waals surface area contributed by atoms with Gasteiger partial charge in [0.15, 0.2) is 17.4 Å². The highest BCUT2D eigenvalue weighted by Crippen LogP contribution is 2.45. The third kappa shape index (κ3) is 6.67. The smallest absolute Gasteiger partial charge is 0.319 e. The van der Waals surface area contributed by atoms with Gasteiger partial charge in [-0.3, -0.25) is 0 Å². The highest BCUT2D eigenvalue weighted by Gasteiger charge is 2.53. The van der Waals surface area contributed by atoms with Crippen molar-refractivity contribution < 1.29 is 12.3 Å². The van der Waals surface area contributed by atoms with E-state index in [1.165, 1.54) is 64.2 Å². The molecule has 2 saturated carbocycles. The van der Waals surface area contributed by atoms with Crippen molar-refractivity contribution in [3.8, 4) is 0 Å². The quantitative estimate of drug-likeness (QED) is 0.401. The van der Waals surface area contributed by atoms with Gasteiger partial charge in [0.1, 0.15) is 0 Å². The van der Waals surface area contributed by atoms with Gasteiger partial charge in [0, 0.05) is 11.1 Å². The molecule has 0 amide bonds. The van der Waals surface area contributed by atoms with E-state index in [4.69, 9.17) is 12.3 Å². The summed E-state index contributed by atoms with van der Waals surface area (Å²) in [7, 11) is -7.25. The van der Waals surface area contributed by atoms with E-state index in [0.717, 1.165) is 0 Å². The zero-order valence-corrected chi connectivity index (χ0v) is 22.7. The summed E-state index contributed by atoms with van der Waals surface area (Å²) in [5, 5.41) is 0. The van der Waals surface area contributed by atoms with Crippen LogP contribution >= 0.6 is 0 Å². The molecule has 0 heterocycles. The third-order valence-corrected chi connectivity index (χ3v) is 21.3. The number of hydrogen-bond acceptors (Lipinski definition) is 3. The first-order valence-corrected chi connectivity index (χ1v) is 22.1. The van der Waals surface area contributed by atoms with Crippen LogP contribution in [0.15, 0.2) is 0 Å². The Morgan fingerprint density at radius 3 is 1.42 bits per heavy atom. The molecule has 0 radical (unpaired) electrons. The molecule has 2 aliphatic carbocycles. The molecule has 0 aromatic carbocycles. The molecule has 154 valence electrons. The van der Waals surface area contributed by atoms with Gasteiger partial charge in [0.05, 0.1) is 0 Å². The fourth-order valence-electron chi connectivity index (χ4n) is 5.12. The lowest BCUT2D eigenvalue weighted by Crippen LogP contribution is -2.60. The van der Waals surface area contributed by atoms with Crippen molar-refractivity contribution in [3.63, 3.8) is 0 Å². The third-order valence-electron chi connectivity index (χ3n) is 6.08. The van der Waals surface area contributed by atoms with E-state index >= 15 is 0 Å². The highest BCUT2D eigenvalue weighted by molar-refractivity contribution is 6.89. The fourth-order valence-corrected chi connectivity index (χ4v) is 23.8. The maximum Gasteiger partial charge on any atom is 0.319 e. The average molecular weight is 433 g/mol. The zero-order valence-electron chi connectivity index (χ0n) is 18.5. The molecule has 0 N–H and O–H groups in total. The minimum absolute atomic E-state index is 0.663. The summed E-state index contributed by atoms with van der Waals surface area (Å²) in [6.07, 6.45) is 13.4. The number of rotatable bonds is 8. The molecule has 2 unspecified atom stereocenters. The Morgan fingerprint density at radius 2 is 1.04 bits per heavy atom. The molecule has 0 aromatic heterocycles. The molecular weight excluding hydrogens is 389 g/mol. The molecule has 2 fully saturated rings. The summed E-state index contributed by atoms with van der Waals surface area (Å²) in [5.41, 5.74) is 1.34. The molecule has 0 saturated heterocycles. The van der Waals surface area contributed by atoms with Crippen LogP contribution in [0.4, 0.5) is 0 Å². The Morgan fingerprint density at radius 1 is 0.615 bits per heavy atom. The molecule has 26 heavy (non-hydrogen) atoms. The van der Waals surface area contributed by atoms with Gasteiger partial charge in [0.25, 0.3) is 0 Å². The van der Waals surface area contributed by atoms with Crippen molar-refractivity contribution in [2.45, 2.75) is 121 Å². The molecule has 2 rings (SSSR count). The van der Waals surface area contributed by atoms with Gasteiger partial charge in [-0.05, 0) is 71.5 Å². The zero-order chi connectivity index (χ0) is 19.4. The SMILES string of the molecule is C[SiH](C)O[Si](C)(O[Si](C)(O[Si](C)(C)C)C1CCCCC1)C1CCCCC1. The first kappa shape index (κ1) is 23.0. The molecule has 7 heteroatoms. The van der Waals surface area contributed by atoms with Gasteiger partial charge in [-0.1, -0.05) is 38.5 Å². The van der Waals surface area contributed by atoms with Crippen LogP contribution in [0.5, 0.6) is 0 Å². The van der Waals surface area contributed by atoms with Gasteiger partial charge in [0.2, 0.25) is 0 Å². The second kappa shape index (κ2) is 9.50.